The zero-order chi connectivity index (χ0) is 8.53. The average Bonchev–Trinajstić information content (AvgIpc) is 2.05. The van der Waals surface area contributed by atoms with Crippen molar-refractivity contribution in [3.8, 4) is 0 Å². The molecule has 4 heteroatoms. The van der Waals surface area contributed by atoms with Gasteiger partial charge in [-0.05, 0) is 6.42 Å². The first-order chi connectivity index (χ1) is 5.35. The second-order valence-corrected chi connectivity index (χ2v) is 3.25. The van der Waals surface area contributed by atoms with E-state index in [1.165, 1.54) is 5.23 Å². The van der Waals surface area contributed by atoms with E-state index in [0.717, 1.165) is 28.5 Å². The molecule has 0 unspecified atom stereocenters. The monoisotopic (exact) mass is 173 g/mol. The molecule has 0 amide bonds. The van der Waals surface area contributed by atoms with Crippen molar-refractivity contribution in [3.05, 3.63) is 12.3 Å². The fraction of sp³-hybridized carbons (Fsp3) is 0.714. The van der Waals surface area contributed by atoms with Gasteiger partial charge in [-0.1, -0.05) is 11.3 Å². The third kappa shape index (κ3) is 6.24. The molecule has 64 valence electrons. The predicted octanol–water partition coefficient (Wildman–Crippen LogP) is 1.07. The minimum atomic E-state index is 0.813. The number of nitrogens with zero attached hydrogens (tertiary/aromatic N) is 1. The summed E-state index contributed by atoms with van der Waals surface area (Å²) in [6.45, 7) is 4.47. The summed E-state index contributed by atoms with van der Waals surface area (Å²) in [4.78, 5) is 9.74. The summed E-state index contributed by atoms with van der Waals surface area (Å²) in [6, 6.07) is 1.16. The first-order valence-corrected chi connectivity index (χ1v) is 4.83. The molecule has 2 radical (unpaired) electrons. The highest BCUT2D eigenvalue weighted by Gasteiger charge is 1.98. The summed E-state index contributed by atoms with van der Waals surface area (Å²) in [5, 5.41) is 1.47. The number of rotatable bonds is 7. The summed E-state index contributed by atoms with van der Waals surface area (Å²) >= 11 is 0. The molecule has 0 fully saturated rings. The lowest BCUT2D eigenvalue weighted by Gasteiger charge is -2.15. The molecule has 0 bridgehead atoms. The lowest BCUT2D eigenvalue weighted by atomic mass is 10.5. The van der Waals surface area contributed by atoms with E-state index in [-0.39, 0.29) is 0 Å². The molecular formula is C7H15NO2Si. The molecule has 0 saturated heterocycles. The SMILES string of the molecule is C=C[Si]CCCN(OC)OC. The quantitative estimate of drug-likeness (QED) is 0.326. The Hall–Kier alpha value is -0.163. The van der Waals surface area contributed by atoms with Crippen LogP contribution in [0.2, 0.25) is 6.04 Å². The molecule has 0 aromatic heterocycles. The van der Waals surface area contributed by atoms with Crippen molar-refractivity contribution in [3.63, 3.8) is 0 Å². The van der Waals surface area contributed by atoms with Crippen molar-refractivity contribution < 1.29 is 9.68 Å². The molecule has 3 nitrogen and oxygen atoms in total. The van der Waals surface area contributed by atoms with Gasteiger partial charge in [0.25, 0.3) is 0 Å². The normalized spacial score (nSPS) is 10.5. The van der Waals surface area contributed by atoms with Crippen LogP contribution in [0.5, 0.6) is 0 Å². The van der Waals surface area contributed by atoms with Gasteiger partial charge < -0.3 is 0 Å². The molecule has 0 heterocycles. The van der Waals surface area contributed by atoms with Crippen molar-refractivity contribution >= 4 is 9.52 Å². The molecule has 0 atom stereocenters. The number of hydrogen-bond donors (Lipinski definition) is 0. The Morgan fingerprint density at radius 3 is 2.55 bits per heavy atom. The lowest BCUT2D eigenvalue weighted by molar-refractivity contribution is -0.342. The number of hydrogen-bond acceptors (Lipinski definition) is 3. The molecule has 0 aliphatic rings. The molecule has 0 aromatic rings. The predicted molar refractivity (Wildman–Crippen MR) is 46.1 cm³/mol. The van der Waals surface area contributed by atoms with E-state index >= 15 is 0 Å². The van der Waals surface area contributed by atoms with Gasteiger partial charge in [-0.2, -0.15) is 0 Å². The van der Waals surface area contributed by atoms with Gasteiger partial charge >= 0.3 is 0 Å². The third-order valence-electron chi connectivity index (χ3n) is 1.21. The van der Waals surface area contributed by atoms with Crippen LogP contribution >= 0.6 is 0 Å². The average molecular weight is 173 g/mol. The molecule has 0 aromatic carbocycles. The van der Waals surface area contributed by atoms with E-state index < -0.39 is 0 Å². The second-order valence-electron chi connectivity index (χ2n) is 1.93. The van der Waals surface area contributed by atoms with Gasteiger partial charge in [0.15, 0.2) is 0 Å². The maximum atomic E-state index is 4.87. The zero-order valence-electron chi connectivity index (χ0n) is 7.17. The molecule has 0 saturated carbocycles. The van der Waals surface area contributed by atoms with Crippen LogP contribution in [0.3, 0.4) is 0 Å². The van der Waals surface area contributed by atoms with Crippen LogP contribution in [0.15, 0.2) is 12.3 Å². The molecular weight excluding hydrogens is 158 g/mol. The Balaban J connectivity index is 3.13. The van der Waals surface area contributed by atoms with Gasteiger partial charge in [0, 0.05) is 0 Å². The van der Waals surface area contributed by atoms with Crippen molar-refractivity contribution in [2.75, 3.05) is 20.8 Å². The van der Waals surface area contributed by atoms with Crippen LogP contribution in [0, 0.1) is 0 Å². The largest absolute Gasteiger partial charge is 0.278 e. The van der Waals surface area contributed by atoms with E-state index in [9.17, 15) is 0 Å². The van der Waals surface area contributed by atoms with Crippen molar-refractivity contribution in [2.45, 2.75) is 12.5 Å². The standard InChI is InChI=1S/C7H15NO2Si/c1-4-11-7-5-6-8(9-2)10-3/h4H,1,5-7H2,2-3H3. The molecule has 11 heavy (non-hydrogen) atoms. The Morgan fingerprint density at radius 1 is 1.45 bits per heavy atom. The van der Waals surface area contributed by atoms with Crippen LogP contribution in [-0.2, 0) is 9.68 Å². The van der Waals surface area contributed by atoms with Crippen LogP contribution in [0.1, 0.15) is 6.42 Å². The van der Waals surface area contributed by atoms with Gasteiger partial charge in [-0.3, -0.25) is 9.68 Å². The summed E-state index contributed by atoms with van der Waals surface area (Å²) in [7, 11) is 4.04. The van der Waals surface area contributed by atoms with Gasteiger partial charge in [-0.25, -0.2) is 0 Å². The van der Waals surface area contributed by atoms with Crippen molar-refractivity contribution in [1.29, 1.82) is 0 Å². The first kappa shape index (κ1) is 10.8. The minimum Gasteiger partial charge on any atom is -0.278 e. The molecule has 0 aliphatic heterocycles. The van der Waals surface area contributed by atoms with E-state index in [4.69, 9.17) is 9.68 Å². The fourth-order valence-corrected chi connectivity index (χ4v) is 1.24. The van der Waals surface area contributed by atoms with E-state index in [0.29, 0.717) is 0 Å². The van der Waals surface area contributed by atoms with Crippen molar-refractivity contribution in [2.24, 2.45) is 0 Å². The highest BCUT2D eigenvalue weighted by atomic mass is 28.2. The third-order valence-corrected chi connectivity index (χ3v) is 2.14. The van der Waals surface area contributed by atoms with Gasteiger partial charge in [0.1, 0.15) is 0 Å². The smallest absolute Gasteiger partial charge is 0.0695 e. The minimum absolute atomic E-state index is 0.813. The van der Waals surface area contributed by atoms with E-state index in [1.807, 2.05) is 5.70 Å². The number of hydroxylamine groups is 2. The zero-order valence-corrected chi connectivity index (χ0v) is 8.17. The summed E-state index contributed by atoms with van der Waals surface area (Å²) in [6.07, 6.45) is 1.08. The van der Waals surface area contributed by atoms with Gasteiger partial charge in [-0.15, -0.1) is 12.3 Å². The molecule has 0 spiro atoms. The maximum absolute atomic E-state index is 4.87. The molecule has 0 aliphatic carbocycles. The van der Waals surface area contributed by atoms with Crippen LogP contribution < -0.4 is 0 Å². The Labute approximate surface area is 70.7 Å². The molecule has 0 rings (SSSR count). The lowest BCUT2D eigenvalue weighted by Crippen LogP contribution is -2.22. The molecule has 0 N–H and O–H groups in total. The van der Waals surface area contributed by atoms with Crippen molar-refractivity contribution in [1.82, 2.24) is 5.23 Å². The topological polar surface area (TPSA) is 21.7 Å². The van der Waals surface area contributed by atoms with E-state index in [2.05, 4.69) is 6.58 Å². The van der Waals surface area contributed by atoms with Gasteiger partial charge in [0.05, 0.1) is 30.3 Å². The van der Waals surface area contributed by atoms with Crippen LogP contribution in [-0.4, -0.2) is 35.5 Å². The summed E-state index contributed by atoms with van der Waals surface area (Å²) < 4.78 is 0. The Kier molecular flexibility index (Phi) is 7.82. The first-order valence-electron chi connectivity index (χ1n) is 3.55. The maximum Gasteiger partial charge on any atom is 0.0695 e. The second kappa shape index (κ2) is 7.94. The summed E-state index contributed by atoms with van der Waals surface area (Å²) in [5.74, 6) is 0. The van der Waals surface area contributed by atoms with Gasteiger partial charge in [0.2, 0.25) is 0 Å². The summed E-state index contributed by atoms with van der Waals surface area (Å²) in [5.41, 5.74) is 1.95. The van der Waals surface area contributed by atoms with Crippen LogP contribution in [0.25, 0.3) is 0 Å². The van der Waals surface area contributed by atoms with Crippen LogP contribution in [0.4, 0.5) is 0 Å². The Bertz CT molecular complexity index is 96.4. The highest BCUT2D eigenvalue weighted by molar-refractivity contribution is 6.41. The highest BCUT2D eigenvalue weighted by Crippen LogP contribution is 1.95. The van der Waals surface area contributed by atoms with E-state index in [1.54, 1.807) is 14.2 Å². The fourth-order valence-electron chi connectivity index (χ4n) is 0.669. The Morgan fingerprint density at radius 2 is 2.09 bits per heavy atom.